The fourth-order valence-electron chi connectivity index (χ4n) is 2.66. The molecule has 0 saturated carbocycles. The molecular weight excluding hydrogens is 369 g/mol. The predicted molar refractivity (Wildman–Crippen MR) is 94.0 cm³/mol. The van der Waals surface area contributed by atoms with Crippen molar-refractivity contribution in [3.8, 4) is 0 Å². The first kappa shape index (κ1) is 18.7. The molecule has 9 heteroatoms. The van der Waals surface area contributed by atoms with Gasteiger partial charge in [0.25, 0.3) is 0 Å². The summed E-state index contributed by atoms with van der Waals surface area (Å²) in [7, 11) is 0. The number of hydrogen-bond acceptors (Lipinski definition) is 5. The van der Waals surface area contributed by atoms with Crippen LogP contribution < -0.4 is 10.6 Å². The second kappa shape index (κ2) is 7.67. The van der Waals surface area contributed by atoms with E-state index in [4.69, 9.17) is 16.3 Å². The van der Waals surface area contributed by atoms with Gasteiger partial charge in [0, 0.05) is 24.9 Å². The molecule has 0 aliphatic carbocycles. The summed E-state index contributed by atoms with van der Waals surface area (Å²) in [5.74, 6) is 0.736. The average molecular weight is 387 g/mol. The smallest absolute Gasteiger partial charge is 0.376 e. The Morgan fingerprint density at radius 1 is 1.27 bits per heavy atom. The van der Waals surface area contributed by atoms with Crippen molar-refractivity contribution in [2.75, 3.05) is 23.8 Å². The van der Waals surface area contributed by atoms with E-state index in [-0.39, 0.29) is 16.8 Å². The van der Waals surface area contributed by atoms with Gasteiger partial charge in [0.15, 0.2) is 0 Å². The van der Waals surface area contributed by atoms with Gasteiger partial charge < -0.3 is 15.4 Å². The number of aromatic nitrogens is 2. The molecule has 1 atom stereocenters. The highest BCUT2D eigenvalue weighted by molar-refractivity contribution is 6.33. The van der Waals surface area contributed by atoms with Crippen molar-refractivity contribution in [2.45, 2.75) is 32.0 Å². The SMILES string of the molecule is Cc1cc(Nc2cc(C(F)(F)F)ccc2Cl)nc(NCC2CCCO2)n1. The van der Waals surface area contributed by atoms with Crippen LogP contribution in [0.4, 0.5) is 30.6 Å². The summed E-state index contributed by atoms with van der Waals surface area (Å²) in [6, 6.07) is 4.73. The summed E-state index contributed by atoms with van der Waals surface area (Å²) in [4.78, 5) is 8.58. The normalized spacial score (nSPS) is 17.3. The molecule has 1 aliphatic heterocycles. The lowest BCUT2D eigenvalue weighted by molar-refractivity contribution is -0.137. The van der Waals surface area contributed by atoms with Crippen LogP contribution in [0, 0.1) is 6.92 Å². The highest BCUT2D eigenvalue weighted by Crippen LogP contribution is 2.34. The summed E-state index contributed by atoms with van der Waals surface area (Å²) in [5.41, 5.74) is 0.0111. The van der Waals surface area contributed by atoms with E-state index in [2.05, 4.69) is 20.6 Å². The Hall–Kier alpha value is -2.06. The number of anilines is 3. The molecular formula is C17H18ClF3N4O. The Labute approximate surface area is 153 Å². The summed E-state index contributed by atoms with van der Waals surface area (Å²) >= 11 is 6.02. The number of benzene rings is 1. The first-order valence-corrected chi connectivity index (χ1v) is 8.54. The number of aryl methyl sites for hydroxylation is 1. The second-order valence-corrected chi connectivity index (χ2v) is 6.46. The van der Waals surface area contributed by atoms with E-state index in [1.165, 1.54) is 6.07 Å². The van der Waals surface area contributed by atoms with Crippen LogP contribution in [0.1, 0.15) is 24.1 Å². The van der Waals surface area contributed by atoms with Gasteiger partial charge in [0.1, 0.15) is 5.82 Å². The molecule has 1 aliphatic rings. The minimum Gasteiger partial charge on any atom is -0.376 e. The van der Waals surface area contributed by atoms with Crippen molar-refractivity contribution >= 4 is 29.1 Å². The summed E-state index contributed by atoms with van der Waals surface area (Å²) in [6.45, 7) is 3.10. The molecule has 5 nitrogen and oxygen atoms in total. The number of ether oxygens (including phenoxy) is 1. The molecule has 26 heavy (non-hydrogen) atoms. The van der Waals surface area contributed by atoms with Crippen LogP contribution in [0.15, 0.2) is 24.3 Å². The number of nitrogens with zero attached hydrogens (tertiary/aromatic N) is 2. The zero-order valence-corrected chi connectivity index (χ0v) is 14.8. The highest BCUT2D eigenvalue weighted by Gasteiger charge is 2.31. The molecule has 0 bridgehead atoms. The minimum absolute atomic E-state index is 0.119. The van der Waals surface area contributed by atoms with E-state index < -0.39 is 11.7 Å². The van der Waals surface area contributed by atoms with Crippen LogP contribution >= 0.6 is 11.6 Å². The molecule has 0 spiro atoms. The quantitative estimate of drug-likeness (QED) is 0.773. The average Bonchev–Trinajstić information content (AvgIpc) is 3.07. The molecule has 1 unspecified atom stereocenters. The fraction of sp³-hybridized carbons (Fsp3) is 0.412. The topological polar surface area (TPSA) is 59.1 Å². The summed E-state index contributed by atoms with van der Waals surface area (Å²) < 4.78 is 44.2. The Kier molecular flexibility index (Phi) is 5.52. The number of halogens is 4. The van der Waals surface area contributed by atoms with Gasteiger partial charge in [-0.3, -0.25) is 0 Å². The van der Waals surface area contributed by atoms with Crippen molar-refractivity contribution in [1.29, 1.82) is 0 Å². The predicted octanol–water partition coefficient (Wildman–Crippen LogP) is 4.79. The van der Waals surface area contributed by atoms with Gasteiger partial charge in [0.2, 0.25) is 5.95 Å². The Morgan fingerprint density at radius 3 is 2.77 bits per heavy atom. The van der Waals surface area contributed by atoms with Crippen molar-refractivity contribution in [2.24, 2.45) is 0 Å². The van der Waals surface area contributed by atoms with Gasteiger partial charge >= 0.3 is 6.18 Å². The lowest BCUT2D eigenvalue weighted by Crippen LogP contribution is -2.20. The summed E-state index contributed by atoms with van der Waals surface area (Å²) in [5, 5.41) is 6.11. The second-order valence-electron chi connectivity index (χ2n) is 6.05. The van der Waals surface area contributed by atoms with Gasteiger partial charge in [0.05, 0.1) is 22.4 Å². The molecule has 2 heterocycles. The van der Waals surface area contributed by atoms with E-state index in [0.717, 1.165) is 31.6 Å². The van der Waals surface area contributed by atoms with E-state index in [1.54, 1.807) is 13.0 Å². The Balaban J connectivity index is 1.77. The lowest BCUT2D eigenvalue weighted by Gasteiger charge is -2.14. The van der Waals surface area contributed by atoms with Crippen LogP contribution in [0.25, 0.3) is 0 Å². The lowest BCUT2D eigenvalue weighted by atomic mass is 10.2. The third kappa shape index (κ3) is 4.76. The first-order chi connectivity index (χ1) is 12.3. The van der Waals surface area contributed by atoms with E-state index in [1.807, 2.05) is 0 Å². The minimum atomic E-state index is -4.45. The monoisotopic (exact) mass is 386 g/mol. The highest BCUT2D eigenvalue weighted by atomic mass is 35.5. The zero-order chi connectivity index (χ0) is 18.7. The van der Waals surface area contributed by atoms with Crippen molar-refractivity contribution in [3.63, 3.8) is 0 Å². The third-order valence-corrected chi connectivity index (χ3v) is 4.25. The number of nitrogens with one attached hydrogen (secondary N) is 2. The molecule has 2 aromatic rings. The molecule has 1 saturated heterocycles. The maximum atomic E-state index is 12.9. The van der Waals surface area contributed by atoms with Gasteiger partial charge in [-0.2, -0.15) is 18.2 Å². The van der Waals surface area contributed by atoms with E-state index in [9.17, 15) is 13.2 Å². The standard InChI is InChI=1S/C17H18ClF3N4O/c1-10-7-15(25-16(23-10)22-9-12-3-2-6-26-12)24-14-8-11(17(19,20)21)4-5-13(14)18/h4-5,7-8,12H,2-3,6,9H2,1H3,(H2,22,23,24,25). The Bertz CT molecular complexity index is 779. The molecule has 3 rings (SSSR count). The zero-order valence-electron chi connectivity index (χ0n) is 14.0. The van der Waals surface area contributed by atoms with Crippen molar-refractivity contribution < 1.29 is 17.9 Å². The molecule has 1 aromatic heterocycles. The third-order valence-electron chi connectivity index (χ3n) is 3.92. The van der Waals surface area contributed by atoms with Crippen LogP contribution in [0.5, 0.6) is 0 Å². The Morgan fingerprint density at radius 2 is 2.08 bits per heavy atom. The van der Waals surface area contributed by atoms with Gasteiger partial charge in [-0.05, 0) is 38.0 Å². The molecule has 1 fully saturated rings. The molecule has 140 valence electrons. The number of hydrogen-bond donors (Lipinski definition) is 2. The molecule has 0 amide bonds. The van der Waals surface area contributed by atoms with Gasteiger partial charge in [-0.15, -0.1) is 0 Å². The molecule has 1 aromatic carbocycles. The van der Waals surface area contributed by atoms with Gasteiger partial charge in [-0.25, -0.2) is 4.98 Å². The van der Waals surface area contributed by atoms with E-state index >= 15 is 0 Å². The van der Waals surface area contributed by atoms with Crippen LogP contribution in [-0.2, 0) is 10.9 Å². The van der Waals surface area contributed by atoms with Crippen molar-refractivity contribution in [1.82, 2.24) is 9.97 Å². The maximum absolute atomic E-state index is 12.9. The van der Waals surface area contributed by atoms with Crippen LogP contribution in [0.2, 0.25) is 5.02 Å². The van der Waals surface area contributed by atoms with Crippen LogP contribution in [0.3, 0.4) is 0 Å². The number of rotatable bonds is 5. The number of alkyl halides is 3. The van der Waals surface area contributed by atoms with E-state index in [0.29, 0.717) is 24.0 Å². The van der Waals surface area contributed by atoms with Crippen LogP contribution in [-0.4, -0.2) is 29.2 Å². The molecule has 2 N–H and O–H groups in total. The van der Waals surface area contributed by atoms with Crippen molar-refractivity contribution in [3.05, 3.63) is 40.5 Å². The summed E-state index contributed by atoms with van der Waals surface area (Å²) in [6.07, 6.45) is -2.32. The van der Waals surface area contributed by atoms with Gasteiger partial charge in [-0.1, -0.05) is 11.6 Å². The fourth-order valence-corrected chi connectivity index (χ4v) is 2.82. The first-order valence-electron chi connectivity index (χ1n) is 8.16. The maximum Gasteiger partial charge on any atom is 0.416 e. The largest absolute Gasteiger partial charge is 0.416 e. The molecule has 0 radical (unpaired) electrons.